The van der Waals surface area contributed by atoms with Gasteiger partial charge in [0.1, 0.15) is 0 Å². The number of fused-ring (bicyclic) bond motifs is 3. The molecule has 0 bridgehead atoms. The first-order chi connectivity index (χ1) is 16.8. The predicted molar refractivity (Wildman–Crippen MR) is 157 cm³/mol. The van der Waals surface area contributed by atoms with Crippen LogP contribution in [0.25, 0.3) is 11.1 Å². The fourth-order valence-corrected chi connectivity index (χ4v) is 15.3. The van der Waals surface area contributed by atoms with E-state index in [-0.39, 0.29) is 10.8 Å². The zero-order chi connectivity index (χ0) is 26.4. The van der Waals surface area contributed by atoms with Crippen LogP contribution in [0.1, 0.15) is 111 Å². The predicted octanol–water partition coefficient (Wildman–Crippen LogP) is 9.20. The normalized spacial score (nSPS) is 14.9. The first-order valence-corrected chi connectivity index (χ1v) is 17.8. The molecule has 192 valence electrons. The minimum atomic E-state index is -2.27. The standard InChI is InChI=1S/C21H25.C9H18.C5H5.Zr/c1-20(2,3)16-9-7-14-11-15-8-10-17(21(4,5)6)13-19(15)18(14)12-16;1-8(2)6-5-7-9(3)4;1-2-4-5-3-1;/h7,9-10,12-13H,11H2,1-6H3;8-9H,6-7H2,1-4H3;1-3H,4H2;. The van der Waals surface area contributed by atoms with E-state index in [1.807, 2.05) is 3.21 Å². The van der Waals surface area contributed by atoms with Crippen LogP contribution in [0, 0.1) is 11.8 Å². The van der Waals surface area contributed by atoms with Crippen LogP contribution in [0.3, 0.4) is 0 Å². The molecule has 0 amide bonds. The van der Waals surface area contributed by atoms with E-state index in [0.29, 0.717) is 0 Å². The van der Waals surface area contributed by atoms with Crippen LogP contribution >= 0.6 is 0 Å². The first-order valence-electron chi connectivity index (χ1n) is 14.1. The Morgan fingerprint density at radius 2 is 1.42 bits per heavy atom. The second-order valence-electron chi connectivity index (χ2n) is 14.1. The molecule has 36 heavy (non-hydrogen) atoms. The van der Waals surface area contributed by atoms with Crippen molar-refractivity contribution in [3.05, 3.63) is 74.1 Å². The van der Waals surface area contributed by atoms with Gasteiger partial charge in [-0.2, -0.15) is 0 Å². The molecular weight excluding hydrogens is 512 g/mol. The van der Waals surface area contributed by atoms with Crippen LogP contribution in [-0.2, 0) is 38.5 Å². The zero-order valence-electron chi connectivity index (χ0n) is 24.6. The van der Waals surface area contributed by atoms with Crippen LogP contribution in [0.5, 0.6) is 0 Å². The molecule has 0 radical (unpaired) electrons. The average molecular weight is 560 g/mol. The summed E-state index contributed by atoms with van der Waals surface area (Å²) < 4.78 is 5.49. The molecular formula is C35H48Zr. The van der Waals surface area contributed by atoms with Gasteiger partial charge < -0.3 is 0 Å². The van der Waals surface area contributed by atoms with Gasteiger partial charge in [0.25, 0.3) is 0 Å². The Labute approximate surface area is 229 Å². The molecule has 2 aromatic rings. The van der Waals surface area contributed by atoms with Gasteiger partial charge in [-0.05, 0) is 0 Å². The van der Waals surface area contributed by atoms with E-state index in [1.54, 1.807) is 12.1 Å². The summed E-state index contributed by atoms with van der Waals surface area (Å²) in [5, 5.41) is 0. The van der Waals surface area contributed by atoms with Crippen molar-refractivity contribution in [3.63, 3.8) is 0 Å². The summed E-state index contributed by atoms with van der Waals surface area (Å²) in [5.41, 5.74) is 9.50. The van der Waals surface area contributed by atoms with Gasteiger partial charge in [-0.1, -0.05) is 0 Å². The number of benzene rings is 2. The third-order valence-electron chi connectivity index (χ3n) is 7.77. The minimum absolute atomic E-state index is 0.140. The van der Waals surface area contributed by atoms with Crippen LogP contribution in [0.15, 0.2) is 51.8 Å². The van der Waals surface area contributed by atoms with Crippen molar-refractivity contribution in [3.8, 4) is 11.1 Å². The average Bonchev–Trinajstić information content (AvgIpc) is 3.39. The SMILES string of the molecule is CC(C)C[C](CC(C)C)=[Zr]([C]1=CC=CC1)[c]1cc(C(C)(C)C)cc2c1Cc1ccc(C(C)(C)C)cc1-2. The van der Waals surface area contributed by atoms with Crippen molar-refractivity contribution in [2.45, 2.75) is 106 Å². The quantitative estimate of drug-likeness (QED) is 0.282. The molecule has 0 unspecified atom stereocenters. The molecule has 4 rings (SSSR count). The first kappa shape index (κ1) is 27.7. The summed E-state index contributed by atoms with van der Waals surface area (Å²) in [4.78, 5) is 0. The van der Waals surface area contributed by atoms with Gasteiger partial charge in [-0.25, -0.2) is 0 Å². The summed E-state index contributed by atoms with van der Waals surface area (Å²) in [7, 11) is 0. The van der Waals surface area contributed by atoms with Gasteiger partial charge in [0.15, 0.2) is 0 Å². The summed E-state index contributed by atoms with van der Waals surface area (Å²) in [6, 6.07) is 12.6. The van der Waals surface area contributed by atoms with Gasteiger partial charge in [-0.3, -0.25) is 0 Å². The van der Waals surface area contributed by atoms with Gasteiger partial charge in [0, 0.05) is 0 Å². The molecule has 0 atom stereocenters. The van der Waals surface area contributed by atoms with E-state index in [9.17, 15) is 0 Å². The third-order valence-corrected chi connectivity index (χ3v) is 15.4. The Morgan fingerprint density at radius 3 is 1.94 bits per heavy atom. The van der Waals surface area contributed by atoms with Crippen molar-refractivity contribution in [1.82, 2.24) is 0 Å². The van der Waals surface area contributed by atoms with Gasteiger partial charge in [0.2, 0.25) is 0 Å². The number of hydrogen-bond acceptors (Lipinski definition) is 0. The van der Waals surface area contributed by atoms with E-state index in [0.717, 1.165) is 18.3 Å². The molecule has 0 spiro atoms. The second kappa shape index (κ2) is 10.4. The van der Waals surface area contributed by atoms with E-state index >= 15 is 0 Å². The molecule has 0 fully saturated rings. The van der Waals surface area contributed by atoms with Crippen LogP contribution in [-0.4, -0.2) is 3.21 Å². The Kier molecular flexibility index (Phi) is 8.03. The molecule has 2 aliphatic carbocycles. The van der Waals surface area contributed by atoms with E-state index < -0.39 is 21.3 Å². The van der Waals surface area contributed by atoms with Crippen molar-refractivity contribution in [1.29, 1.82) is 0 Å². The molecule has 1 heteroatoms. The van der Waals surface area contributed by atoms with Gasteiger partial charge in [0.05, 0.1) is 0 Å². The fraction of sp³-hybridized carbons (Fsp3) is 0.514. The molecule has 0 heterocycles. The van der Waals surface area contributed by atoms with Crippen molar-refractivity contribution < 1.29 is 21.3 Å². The molecule has 0 saturated carbocycles. The maximum absolute atomic E-state index is 2.68. The van der Waals surface area contributed by atoms with E-state index in [1.165, 1.54) is 47.1 Å². The molecule has 2 aliphatic rings. The number of rotatable bonds is 6. The summed E-state index contributed by atoms with van der Waals surface area (Å²) >= 11 is -2.27. The molecule has 0 aromatic heterocycles. The second-order valence-corrected chi connectivity index (χ2v) is 20.6. The van der Waals surface area contributed by atoms with Gasteiger partial charge >= 0.3 is 231 Å². The Hall–Kier alpha value is -1.33. The van der Waals surface area contributed by atoms with Crippen LogP contribution in [0.4, 0.5) is 0 Å². The van der Waals surface area contributed by atoms with Crippen LogP contribution in [0.2, 0.25) is 0 Å². The molecule has 0 N–H and O–H groups in total. The topological polar surface area (TPSA) is 0 Å². The van der Waals surface area contributed by atoms with Crippen molar-refractivity contribution in [2.24, 2.45) is 11.8 Å². The number of hydrogen-bond donors (Lipinski definition) is 0. The number of allylic oxidation sites excluding steroid dienone is 4. The Balaban J connectivity index is 2.04. The fourth-order valence-electron chi connectivity index (χ4n) is 5.89. The van der Waals surface area contributed by atoms with Crippen molar-refractivity contribution >= 4 is 6.48 Å². The Morgan fingerprint density at radius 1 is 0.806 bits per heavy atom. The maximum atomic E-state index is 2.68. The summed E-state index contributed by atoms with van der Waals surface area (Å²) in [5.74, 6) is 1.43. The van der Waals surface area contributed by atoms with Crippen LogP contribution < -0.4 is 3.27 Å². The third kappa shape index (κ3) is 5.88. The molecule has 2 aromatic carbocycles. The zero-order valence-corrected chi connectivity index (χ0v) is 27.1. The molecule has 0 nitrogen and oxygen atoms in total. The summed E-state index contributed by atoms with van der Waals surface area (Å²) in [6.07, 6.45) is 12.1. The molecule has 0 aliphatic heterocycles. The van der Waals surface area contributed by atoms with Crippen molar-refractivity contribution in [2.75, 3.05) is 0 Å². The van der Waals surface area contributed by atoms with Gasteiger partial charge in [-0.15, -0.1) is 0 Å². The Bertz CT molecular complexity index is 1220. The monoisotopic (exact) mass is 558 g/mol. The molecule has 0 saturated heterocycles. The summed E-state index contributed by atoms with van der Waals surface area (Å²) in [6.45, 7) is 23.9. The van der Waals surface area contributed by atoms with E-state index in [2.05, 4.69) is 118 Å². The van der Waals surface area contributed by atoms with E-state index in [4.69, 9.17) is 0 Å².